The van der Waals surface area contributed by atoms with Crippen molar-refractivity contribution in [3.63, 3.8) is 0 Å². The molecule has 0 aliphatic heterocycles. The SMILES string of the molecule is Cc1cccc(C(=O)OCC(=O)N[C@H]2CCC[C@@H](C)[C@@H]2C)c1O. The molecule has 0 heterocycles. The van der Waals surface area contributed by atoms with Crippen LogP contribution in [0.5, 0.6) is 5.75 Å². The summed E-state index contributed by atoms with van der Waals surface area (Å²) in [6.45, 7) is 5.71. The Bertz CT molecular complexity index is 584. The number of carbonyl (C=O) groups is 2. The van der Waals surface area contributed by atoms with Gasteiger partial charge < -0.3 is 15.2 Å². The van der Waals surface area contributed by atoms with Crippen LogP contribution in [-0.4, -0.2) is 29.6 Å². The first kappa shape index (κ1) is 17.3. The topological polar surface area (TPSA) is 75.6 Å². The summed E-state index contributed by atoms with van der Waals surface area (Å²) in [5.74, 6) is -0.0828. The van der Waals surface area contributed by atoms with Crippen LogP contribution in [0.4, 0.5) is 0 Å². The van der Waals surface area contributed by atoms with Gasteiger partial charge in [0.2, 0.25) is 0 Å². The molecule has 1 amide bonds. The van der Waals surface area contributed by atoms with Gasteiger partial charge in [-0.25, -0.2) is 4.79 Å². The van der Waals surface area contributed by atoms with E-state index in [1.165, 1.54) is 12.5 Å². The minimum Gasteiger partial charge on any atom is -0.507 e. The maximum Gasteiger partial charge on any atom is 0.342 e. The van der Waals surface area contributed by atoms with Gasteiger partial charge in [0.25, 0.3) is 5.91 Å². The molecular formula is C18H25NO4. The summed E-state index contributed by atoms with van der Waals surface area (Å²) in [7, 11) is 0. The highest BCUT2D eigenvalue weighted by Crippen LogP contribution is 2.29. The number of amides is 1. The number of phenolic OH excluding ortho intramolecular Hbond substituents is 1. The van der Waals surface area contributed by atoms with Gasteiger partial charge in [-0.15, -0.1) is 0 Å². The van der Waals surface area contributed by atoms with E-state index in [1.54, 1.807) is 19.1 Å². The number of aryl methyl sites for hydroxylation is 1. The predicted molar refractivity (Wildman–Crippen MR) is 87.2 cm³/mol. The summed E-state index contributed by atoms with van der Waals surface area (Å²) in [6.07, 6.45) is 3.26. The molecule has 1 aliphatic rings. The molecule has 0 unspecified atom stereocenters. The van der Waals surface area contributed by atoms with Crippen LogP contribution in [-0.2, 0) is 9.53 Å². The summed E-state index contributed by atoms with van der Waals surface area (Å²) in [6, 6.07) is 4.98. The summed E-state index contributed by atoms with van der Waals surface area (Å²) in [5, 5.41) is 12.8. The Morgan fingerprint density at radius 1 is 1.30 bits per heavy atom. The number of ether oxygens (including phenoxy) is 1. The van der Waals surface area contributed by atoms with Gasteiger partial charge in [-0.05, 0) is 36.8 Å². The number of benzene rings is 1. The average Bonchev–Trinajstić information content (AvgIpc) is 2.52. The lowest BCUT2D eigenvalue weighted by molar-refractivity contribution is -0.125. The highest BCUT2D eigenvalue weighted by atomic mass is 16.5. The molecule has 0 spiro atoms. The lowest BCUT2D eigenvalue weighted by Crippen LogP contribution is -2.45. The molecule has 5 heteroatoms. The van der Waals surface area contributed by atoms with E-state index in [9.17, 15) is 14.7 Å². The van der Waals surface area contributed by atoms with Crippen LogP contribution in [0.2, 0.25) is 0 Å². The molecule has 2 N–H and O–H groups in total. The first-order valence-corrected chi connectivity index (χ1v) is 8.15. The molecule has 23 heavy (non-hydrogen) atoms. The van der Waals surface area contributed by atoms with Crippen LogP contribution in [0.25, 0.3) is 0 Å². The molecule has 126 valence electrons. The van der Waals surface area contributed by atoms with Crippen molar-refractivity contribution in [1.29, 1.82) is 0 Å². The molecule has 3 atom stereocenters. The average molecular weight is 319 g/mol. The van der Waals surface area contributed by atoms with E-state index in [1.807, 2.05) is 0 Å². The van der Waals surface area contributed by atoms with Crippen molar-refractivity contribution < 1.29 is 19.4 Å². The van der Waals surface area contributed by atoms with Crippen molar-refractivity contribution in [2.24, 2.45) is 11.8 Å². The van der Waals surface area contributed by atoms with Crippen molar-refractivity contribution in [3.05, 3.63) is 29.3 Å². The number of aromatic hydroxyl groups is 1. The molecule has 0 radical (unpaired) electrons. The quantitative estimate of drug-likeness (QED) is 0.837. The van der Waals surface area contributed by atoms with Gasteiger partial charge in [-0.2, -0.15) is 0 Å². The van der Waals surface area contributed by atoms with Crippen molar-refractivity contribution >= 4 is 11.9 Å². The highest BCUT2D eigenvalue weighted by molar-refractivity contribution is 5.94. The zero-order valence-electron chi connectivity index (χ0n) is 14.0. The summed E-state index contributed by atoms with van der Waals surface area (Å²) >= 11 is 0. The minimum atomic E-state index is -0.689. The van der Waals surface area contributed by atoms with E-state index in [-0.39, 0.29) is 29.9 Å². The molecule has 0 aromatic heterocycles. The lowest BCUT2D eigenvalue weighted by atomic mass is 9.78. The summed E-state index contributed by atoms with van der Waals surface area (Å²) in [5.41, 5.74) is 0.673. The first-order chi connectivity index (χ1) is 10.9. The number of nitrogens with one attached hydrogen (secondary N) is 1. The Morgan fingerprint density at radius 2 is 2.04 bits per heavy atom. The smallest absolute Gasteiger partial charge is 0.342 e. The minimum absolute atomic E-state index is 0.0810. The fraction of sp³-hybridized carbons (Fsp3) is 0.556. The molecule has 1 fully saturated rings. The van der Waals surface area contributed by atoms with E-state index in [0.717, 1.165) is 12.8 Å². The molecule has 1 saturated carbocycles. The first-order valence-electron chi connectivity index (χ1n) is 8.15. The molecule has 0 saturated heterocycles. The standard InChI is InChI=1S/C18H25NO4/c1-11-6-5-9-15(13(11)3)19-16(20)10-23-18(22)14-8-4-7-12(2)17(14)21/h4,7-8,11,13,15,21H,5-6,9-10H2,1-3H3,(H,19,20)/t11-,13+,15+/m1/s1. The Balaban J connectivity index is 1.86. The number of hydrogen-bond acceptors (Lipinski definition) is 4. The second kappa shape index (κ2) is 7.49. The zero-order valence-corrected chi connectivity index (χ0v) is 14.0. The number of esters is 1. The van der Waals surface area contributed by atoms with E-state index < -0.39 is 5.97 Å². The third-order valence-corrected chi connectivity index (χ3v) is 4.85. The van der Waals surface area contributed by atoms with Crippen molar-refractivity contribution in [1.82, 2.24) is 5.32 Å². The summed E-state index contributed by atoms with van der Waals surface area (Å²) < 4.78 is 5.02. The fourth-order valence-electron chi connectivity index (χ4n) is 3.07. The van der Waals surface area contributed by atoms with E-state index in [2.05, 4.69) is 19.2 Å². The van der Waals surface area contributed by atoms with Gasteiger partial charge in [-0.1, -0.05) is 38.8 Å². The van der Waals surface area contributed by atoms with E-state index >= 15 is 0 Å². The Kier molecular flexibility index (Phi) is 5.64. The third kappa shape index (κ3) is 4.24. The van der Waals surface area contributed by atoms with Crippen molar-refractivity contribution in [2.75, 3.05) is 6.61 Å². The molecule has 2 rings (SSSR count). The van der Waals surface area contributed by atoms with Crippen LogP contribution < -0.4 is 5.32 Å². The van der Waals surface area contributed by atoms with Crippen LogP contribution in [0, 0.1) is 18.8 Å². The number of hydrogen-bond donors (Lipinski definition) is 2. The summed E-state index contributed by atoms with van der Waals surface area (Å²) in [4.78, 5) is 24.0. The zero-order chi connectivity index (χ0) is 17.0. The van der Waals surface area contributed by atoms with Crippen LogP contribution >= 0.6 is 0 Å². The van der Waals surface area contributed by atoms with Gasteiger partial charge in [-0.3, -0.25) is 4.79 Å². The lowest BCUT2D eigenvalue weighted by Gasteiger charge is -2.34. The maximum atomic E-state index is 12.0. The third-order valence-electron chi connectivity index (χ3n) is 4.85. The Labute approximate surface area is 137 Å². The van der Waals surface area contributed by atoms with Crippen LogP contribution in [0.3, 0.4) is 0 Å². The van der Waals surface area contributed by atoms with Crippen LogP contribution in [0.15, 0.2) is 18.2 Å². The number of carbonyl (C=O) groups excluding carboxylic acids is 2. The maximum absolute atomic E-state index is 12.0. The van der Waals surface area contributed by atoms with Gasteiger partial charge in [0.15, 0.2) is 6.61 Å². The highest BCUT2D eigenvalue weighted by Gasteiger charge is 2.28. The van der Waals surface area contributed by atoms with Crippen LogP contribution in [0.1, 0.15) is 49.0 Å². The molecule has 1 aromatic rings. The van der Waals surface area contributed by atoms with Gasteiger partial charge in [0.1, 0.15) is 11.3 Å². The second-order valence-electron chi connectivity index (χ2n) is 6.49. The van der Waals surface area contributed by atoms with Gasteiger partial charge in [0, 0.05) is 6.04 Å². The second-order valence-corrected chi connectivity index (χ2v) is 6.49. The van der Waals surface area contributed by atoms with E-state index in [4.69, 9.17) is 4.74 Å². The molecule has 5 nitrogen and oxygen atoms in total. The Morgan fingerprint density at radius 3 is 2.78 bits per heavy atom. The molecular weight excluding hydrogens is 294 g/mol. The van der Waals surface area contributed by atoms with E-state index in [0.29, 0.717) is 17.4 Å². The number of rotatable bonds is 4. The van der Waals surface area contributed by atoms with Crippen molar-refractivity contribution in [3.8, 4) is 5.75 Å². The van der Waals surface area contributed by atoms with Gasteiger partial charge in [0.05, 0.1) is 0 Å². The number of para-hydroxylation sites is 1. The van der Waals surface area contributed by atoms with Crippen molar-refractivity contribution in [2.45, 2.75) is 46.1 Å². The molecule has 1 aliphatic carbocycles. The molecule has 1 aromatic carbocycles. The van der Waals surface area contributed by atoms with Gasteiger partial charge >= 0.3 is 5.97 Å². The monoisotopic (exact) mass is 319 g/mol. The normalized spacial score (nSPS) is 24.0. The predicted octanol–water partition coefficient (Wildman–Crippen LogP) is 2.80. The molecule has 0 bridgehead atoms. The number of phenols is 1. The largest absolute Gasteiger partial charge is 0.507 e. The Hall–Kier alpha value is -2.04. The fourth-order valence-corrected chi connectivity index (χ4v) is 3.07.